The van der Waals surface area contributed by atoms with Crippen molar-refractivity contribution in [2.45, 2.75) is 66.3 Å². The molecule has 0 bridgehead atoms. The van der Waals surface area contributed by atoms with Crippen LogP contribution in [0.5, 0.6) is 0 Å². The summed E-state index contributed by atoms with van der Waals surface area (Å²) in [6, 6.07) is -0.640. The Morgan fingerprint density at radius 1 is 1.05 bits per heavy atom. The van der Waals surface area contributed by atoms with Gasteiger partial charge in [-0.05, 0) is 31.1 Å². The second-order valence-electron chi connectivity index (χ2n) is 5.85. The van der Waals surface area contributed by atoms with Crippen LogP contribution >= 0.6 is 0 Å². The Balaban J connectivity index is 4.32. The highest BCUT2D eigenvalue weighted by molar-refractivity contribution is 5.81. The third-order valence-corrected chi connectivity index (χ3v) is 3.35. The zero-order valence-corrected chi connectivity index (χ0v) is 14.1. The van der Waals surface area contributed by atoms with E-state index in [4.69, 9.17) is 9.47 Å². The molecular formula is C16H31NO4. The Hall–Kier alpha value is -1.26. The Morgan fingerprint density at radius 3 is 2.24 bits per heavy atom. The van der Waals surface area contributed by atoms with Gasteiger partial charge in [-0.25, -0.2) is 9.59 Å². The van der Waals surface area contributed by atoms with Gasteiger partial charge in [0.05, 0.1) is 13.2 Å². The fraction of sp³-hybridized carbons (Fsp3) is 0.875. The molecule has 0 radical (unpaired) electrons. The molecule has 0 aromatic rings. The lowest BCUT2D eigenvalue weighted by Gasteiger charge is -2.22. The number of carbonyl (C=O) groups excluding carboxylic acids is 2. The summed E-state index contributed by atoms with van der Waals surface area (Å²) >= 11 is 0. The molecule has 1 N–H and O–H groups in total. The maximum Gasteiger partial charge on any atom is 0.407 e. The molecule has 0 aliphatic rings. The van der Waals surface area contributed by atoms with Gasteiger partial charge in [-0.3, -0.25) is 0 Å². The molecule has 5 nitrogen and oxygen atoms in total. The van der Waals surface area contributed by atoms with E-state index >= 15 is 0 Å². The summed E-state index contributed by atoms with van der Waals surface area (Å²) in [5.74, 6) is 0.231. The fourth-order valence-electron chi connectivity index (χ4n) is 1.79. The van der Waals surface area contributed by atoms with Crippen molar-refractivity contribution in [3.05, 3.63) is 0 Å². The van der Waals surface area contributed by atoms with Crippen molar-refractivity contribution >= 4 is 12.1 Å². The van der Waals surface area contributed by atoms with Gasteiger partial charge in [0.1, 0.15) is 6.04 Å². The molecule has 0 saturated carbocycles. The molecule has 5 heteroatoms. The van der Waals surface area contributed by atoms with Crippen LogP contribution in [0.15, 0.2) is 0 Å². The van der Waals surface area contributed by atoms with E-state index in [-0.39, 0.29) is 11.9 Å². The summed E-state index contributed by atoms with van der Waals surface area (Å²) in [6.07, 6.45) is 2.84. The first-order valence-corrected chi connectivity index (χ1v) is 8.02. The summed E-state index contributed by atoms with van der Waals surface area (Å²) < 4.78 is 10.2. The molecule has 1 amide bonds. The van der Waals surface area contributed by atoms with E-state index in [0.717, 1.165) is 25.7 Å². The lowest BCUT2D eigenvalue weighted by atomic mass is 9.99. The average molecular weight is 301 g/mol. The molecule has 0 aliphatic carbocycles. The first-order chi connectivity index (χ1) is 9.92. The van der Waals surface area contributed by atoms with Gasteiger partial charge in [0.2, 0.25) is 0 Å². The van der Waals surface area contributed by atoms with Crippen LogP contribution in [0.2, 0.25) is 0 Å². The molecular weight excluding hydrogens is 270 g/mol. The summed E-state index contributed by atoms with van der Waals surface area (Å²) in [4.78, 5) is 23.7. The molecule has 2 unspecified atom stereocenters. The minimum absolute atomic E-state index is 0.0109. The number of esters is 1. The van der Waals surface area contributed by atoms with Crippen LogP contribution in [0.4, 0.5) is 4.79 Å². The van der Waals surface area contributed by atoms with Crippen LogP contribution in [-0.2, 0) is 14.3 Å². The first-order valence-electron chi connectivity index (χ1n) is 8.02. The Bertz CT molecular complexity index is 305. The van der Waals surface area contributed by atoms with Crippen LogP contribution in [0.3, 0.4) is 0 Å². The number of rotatable bonds is 10. The monoisotopic (exact) mass is 301 g/mol. The summed E-state index contributed by atoms with van der Waals surface area (Å²) in [5.41, 5.74) is 0. The van der Waals surface area contributed by atoms with Crippen molar-refractivity contribution in [2.24, 2.45) is 11.8 Å². The molecule has 0 heterocycles. The zero-order valence-electron chi connectivity index (χ0n) is 14.1. The number of nitrogens with one attached hydrogen (secondary N) is 1. The first kappa shape index (κ1) is 19.7. The predicted octanol–water partition coefficient (Wildman–Crippen LogP) is 3.52. The van der Waals surface area contributed by atoms with E-state index in [0.29, 0.717) is 19.1 Å². The van der Waals surface area contributed by atoms with Crippen molar-refractivity contribution in [1.82, 2.24) is 5.32 Å². The van der Waals surface area contributed by atoms with Gasteiger partial charge < -0.3 is 14.8 Å². The largest absolute Gasteiger partial charge is 0.464 e. The van der Waals surface area contributed by atoms with Crippen LogP contribution < -0.4 is 5.32 Å². The lowest BCUT2D eigenvalue weighted by molar-refractivity contribution is -0.147. The average Bonchev–Trinajstić information content (AvgIpc) is 2.45. The molecule has 0 aliphatic heterocycles. The van der Waals surface area contributed by atoms with E-state index in [1.165, 1.54) is 0 Å². The van der Waals surface area contributed by atoms with Crippen LogP contribution in [0.25, 0.3) is 0 Å². The van der Waals surface area contributed by atoms with Crippen molar-refractivity contribution in [3.63, 3.8) is 0 Å². The smallest absolute Gasteiger partial charge is 0.407 e. The van der Waals surface area contributed by atoms with Gasteiger partial charge >= 0.3 is 12.1 Å². The minimum Gasteiger partial charge on any atom is -0.464 e. The minimum atomic E-state index is -0.640. The van der Waals surface area contributed by atoms with E-state index in [1.807, 2.05) is 20.8 Å². The Kier molecular flexibility index (Phi) is 10.7. The summed E-state index contributed by atoms with van der Waals surface area (Å²) in [7, 11) is 0. The molecule has 0 fully saturated rings. The third-order valence-electron chi connectivity index (χ3n) is 3.35. The topological polar surface area (TPSA) is 64.6 Å². The van der Waals surface area contributed by atoms with Crippen LogP contribution in [-0.4, -0.2) is 31.3 Å². The highest BCUT2D eigenvalue weighted by atomic mass is 16.6. The number of carbonyl (C=O) groups is 2. The van der Waals surface area contributed by atoms with Gasteiger partial charge in [0, 0.05) is 0 Å². The number of hydrogen-bond donors (Lipinski definition) is 1. The Labute approximate surface area is 128 Å². The molecule has 124 valence electrons. The van der Waals surface area contributed by atoms with Crippen molar-refractivity contribution in [3.8, 4) is 0 Å². The normalized spacial score (nSPS) is 13.6. The molecule has 0 aromatic heterocycles. The molecule has 21 heavy (non-hydrogen) atoms. The predicted molar refractivity (Wildman–Crippen MR) is 83.0 cm³/mol. The maximum atomic E-state index is 12.1. The van der Waals surface area contributed by atoms with E-state index < -0.39 is 12.1 Å². The molecule has 0 saturated heterocycles. The SMILES string of the molecule is CCCOC(=O)NC(C(=O)OCCCC(C)C)C(C)CC. The van der Waals surface area contributed by atoms with Gasteiger partial charge in [0.15, 0.2) is 0 Å². The molecule has 0 aromatic carbocycles. The fourth-order valence-corrected chi connectivity index (χ4v) is 1.79. The van der Waals surface area contributed by atoms with Gasteiger partial charge in [-0.1, -0.05) is 41.0 Å². The number of alkyl carbamates (subject to hydrolysis) is 1. The second kappa shape index (κ2) is 11.4. The number of amides is 1. The molecule has 2 atom stereocenters. The van der Waals surface area contributed by atoms with Crippen molar-refractivity contribution < 1.29 is 19.1 Å². The lowest BCUT2D eigenvalue weighted by Crippen LogP contribution is -2.46. The molecule has 0 rings (SSSR count). The Morgan fingerprint density at radius 2 is 1.71 bits per heavy atom. The second-order valence-corrected chi connectivity index (χ2v) is 5.85. The highest BCUT2D eigenvalue weighted by Gasteiger charge is 2.27. The molecule has 0 spiro atoms. The van der Waals surface area contributed by atoms with Gasteiger partial charge in [-0.15, -0.1) is 0 Å². The zero-order chi connectivity index (χ0) is 16.3. The van der Waals surface area contributed by atoms with Crippen molar-refractivity contribution in [1.29, 1.82) is 0 Å². The van der Waals surface area contributed by atoms with Crippen LogP contribution in [0.1, 0.15) is 60.3 Å². The number of ether oxygens (including phenoxy) is 2. The standard InChI is InChI=1S/C16H31NO4/c1-6-10-21-16(19)17-14(13(5)7-2)15(18)20-11-8-9-12(3)4/h12-14H,6-11H2,1-5H3,(H,17,19). The van der Waals surface area contributed by atoms with E-state index in [1.54, 1.807) is 0 Å². The van der Waals surface area contributed by atoms with Gasteiger partial charge in [0.25, 0.3) is 0 Å². The van der Waals surface area contributed by atoms with Crippen LogP contribution in [0, 0.1) is 11.8 Å². The maximum absolute atomic E-state index is 12.1. The van der Waals surface area contributed by atoms with Crippen molar-refractivity contribution in [2.75, 3.05) is 13.2 Å². The van der Waals surface area contributed by atoms with E-state index in [9.17, 15) is 9.59 Å². The van der Waals surface area contributed by atoms with E-state index in [2.05, 4.69) is 19.2 Å². The summed E-state index contributed by atoms with van der Waals surface area (Å²) in [5, 5.41) is 2.62. The summed E-state index contributed by atoms with van der Waals surface area (Å²) in [6.45, 7) is 10.8. The third kappa shape index (κ3) is 9.32. The quantitative estimate of drug-likeness (QED) is 0.495. The highest BCUT2D eigenvalue weighted by Crippen LogP contribution is 2.11. The number of hydrogen-bond acceptors (Lipinski definition) is 4. The van der Waals surface area contributed by atoms with Gasteiger partial charge in [-0.2, -0.15) is 0 Å².